The number of halogens is 3. The van der Waals surface area contributed by atoms with E-state index in [0.717, 1.165) is 14.2 Å². The van der Waals surface area contributed by atoms with Crippen LogP contribution in [0.15, 0.2) is 48.5 Å². The fraction of sp³-hybridized carbons (Fsp3) is 0.250. The van der Waals surface area contributed by atoms with Crippen molar-refractivity contribution in [2.45, 2.75) is 11.2 Å². The van der Waals surface area contributed by atoms with Crippen molar-refractivity contribution in [1.29, 1.82) is 0 Å². The lowest BCUT2D eigenvalue weighted by molar-refractivity contribution is -0.0435. The SMILES string of the molecule is COP(=O)(OC)C1c2ccccc2N(S(=O)(=O)C(F)(F)F)c2ccccc21. The Labute approximate surface area is 154 Å². The van der Waals surface area contributed by atoms with E-state index in [1.807, 2.05) is 0 Å². The van der Waals surface area contributed by atoms with Crippen molar-refractivity contribution in [3.8, 4) is 0 Å². The third kappa shape index (κ3) is 2.97. The van der Waals surface area contributed by atoms with Crippen molar-refractivity contribution in [2.75, 3.05) is 18.5 Å². The minimum atomic E-state index is -5.75. The van der Waals surface area contributed by atoms with Crippen LogP contribution < -0.4 is 4.31 Å². The van der Waals surface area contributed by atoms with Gasteiger partial charge in [0.25, 0.3) is 0 Å². The molecular formula is C16H15F3NO5PS. The second kappa shape index (κ2) is 6.63. The van der Waals surface area contributed by atoms with Gasteiger partial charge in [0.1, 0.15) is 5.66 Å². The molecule has 0 amide bonds. The summed E-state index contributed by atoms with van der Waals surface area (Å²) in [7, 11) is -7.27. The van der Waals surface area contributed by atoms with E-state index in [-0.39, 0.29) is 26.8 Å². The molecule has 1 aliphatic heterocycles. The van der Waals surface area contributed by atoms with Gasteiger partial charge in [0, 0.05) is 14.2 Å². The topological polar surface area (TPSA) is 72.9 Å². The second-order valence-corrected chi connectivity index (χ2v) is 9.74. The maximum absolute atomic E-state index is 13.3. The summed E-state index contributed by atoms with van der Waals surface area (Å²) in [6.07, 6.45) is 0. The molecule has 2 aromatic rings. The summed E-state index contributed by atoms with van der Waals surface area (Å²) in [5.74, 6) is 0. The van der Waals surface area contributed by atoms with Crippen LogP contribution in [0.25, 0.3) is 0 Å². The number of hydrogen-bond acceptors (Lipinski definition) is 5. The molecule has 0 unspecified atom stereocenters. The molecule has 1 aliphatic rings. The Morgan fingerprint density at radius 3 is 1.70 bits per heavy atom. The summed E-state index contributed by atoms with van der Waals surface area (Å²) in [6, 6.07) is 11.1. The fourth-order valence-corrected chi connectivity index (χ4v) is 5.84. The Morgan fingerprint density at radius 1 is 0.926 bits per heavy atom. The molecule has 0 spiro atoms. The highest BCUT2D eigenvalue weighted by molar-refractivity contribution is 7.94. The summed E-state index contributed by atoms with van der Waals surface area (Å²) in [4.78, 5) is 0. The van der Waals surface area contributed by atoms with E-state index >= 15 is 0 Å². The Bertz CT molecular complexity index is 969. The normalized spacial score (nSPS) is 15.4. The van der Waals surface area contributed by atoms with E-state index in [1.54, 1.807) is 0 Å². The van der Waals surface area contributed by atoms with Gasteiger partial charge in [-0.15, -0.1) is 0 Å². The number of para-hydroxylation sites is 2. The molecule has 27 heavy (non-hydrogen) atoms. The summed E-state index contributed by atoms with van der Waals surface area (Å²) >= 11 is 0. The van der Waals surface area contributed by atoms with Gasteiger partial charge in [-0.1, -0.05) is 36.4 Å². The molecule has 0 bridgehead atoms. The van der Waals surface area contributed by atoms with E-state index < -0.39 is 28.8 Å². The van der Waals surface area contributed by atoms with Crippen LogP contribution in [0.5, 0.6) is 0 Å². The lowest BCUT2D eigenvalue weighted by atomic mass is 9.97. The third-order valence-corrected chi connectivity index (χ3v) is 7.92. The van der Waals surface area contributed by atoms with Crippen molar-refractivity contribution in [2.24, 2.45) is 0 Å². The Morgan fingerprint density at radius 2 is 1.33 bits per heavy atom. The standard InChI is InChI=1S/C16H15F3NO5PS/c1-24-26(21,25-2)15-11-7-3-5-9-13(11)20(27(22,23)16(17,18)19)14-10-6-4-8-12(14)15/h3-10,15H,1-2H3. The minimum absolute atomic E-state index is 0.0936. The molecule has 146 valence electrons. The average molecular weight is 421 g/mol. The first-order valence-corrected chi connectivity index (χ1v) is 10.6. The van der Waals surface area contributed by atoms with Crippen molar-refractivity contribution in [3.63, 3.8) is 0 Å². The molecule has 3 rings (SSSR count). The van der Waals surface area contributed by atoms with Crippen LogP contribution in [0, 0.1) is 0 Å². The number of fused-ring (bicyclic) bond motifs is 2. The van der Waals surface area contributed by atoms with Crippen molar-refractivity contribution in [3.05, 3.63) is 59.7 Å². The van der Waals surface area contributed by atoms with Gasteiger partial charge in [-0.25, -0.2) is 4.31 Å². The van der Waals surface area contributed by atoms with Gasteiger partial charge in [0.05, 0.1) is 11.4 Å². The summed E-state index contributed by atoms with van der Waals surface area (Å²) in [5, 5.41) is 0. The number of sulfonamides is 1. The molecule has 0 aliphatic carbocycles. The van der Waals surface area contributed by atoms with Gasteiger partial charge in [-0.05, 0) is 23.3 Å². The molecular weight excluding hydrogens is 406 g/mol. The number of alkyl halides is 3. The van der Waals surface area contributed by atoms with E-state index in [0.29, 0.717) is 0 Å². The van der Waals surface area contributed by atoms with Crippen LogP contribution >= 0.6 is 7.60 Å². The summed E-state index contributed by atoms with van der Waals surface area (Å²) in [5.41, 5.74) is -6.93. The average Bonchev–Trinajstić information content (AvgIpc) is 2.64. The molecule has 0 radical (unpaired) electrons. The van der Waals surface area contributed by atoms with Gasteiger partial charge in [-0.2, -0.15) is 21.6 Å². The van der Waals surface area contributed by atoms with Crippen LogP contribution in [0.2, 0.25) is 0 Å². The van der Waals surface area contributed by atoms with E-state index in [9.17, 15) is 26.2 Å². The molecule has 0 saturated heterocycles. The lowest BCUT2D eigenvalue weighted by Crippen LogP contribution is -2.40. The quantitative estimate of drug-likeness (QED) is 0.677. The molecule has 0 aromatic heterocycles. The smallest absolute Gasteiger partial charge is 0.311 e. The van der Waals surface area contributed by atoms with Crippen LogP contribution in [0.1, 0.15) is 16.8 Å². The fourth-order valence-electron chi connectivity index (χ4n) is 3.09. The minimum Gasteiger partial charge on any atom is -0.311 e. The second-order valence-electron chi connectivity index (χ2n) is 5.64. The van der Waals surface area contributed by atoms with Crippen LogP contribution in [-0.2, 0) is 23.6 Å². The lowest BCUT2D eigenvalue weighted by Gasteiger charge is -2.38. The summed E-state index contributed by atoms with van der Waals surface area (Å²) in [6.45, 7) is 0. The third-order valence-electron chi connectivity index (χ3n) is 4.26. The molecule has 0 N–H and O–H groups in total. The highest BCUT2D eigenvalue weighted by Gasteiger charge is 2.54. The Balaban J connectivity index is 2.40. The van der Waals surface area contributed by atoms with Crippen LogP contribution in [0.3, 0.4) is 0 Å². The van der Waals surface area contributed by atoms with Crippen molar-refractivity contribution < 1.29 is 35.2 Å². The monoisotopic (exact) mass is 421 g/mol. The van der Waals surface area contributed by atoms with Crippen LogP contribution in [0.4, 0.5) is 24.5 Å². The number of nitrogens with zero attached hydrogens (tertiary/aromatic N) is 1. The predicted molar refractivity (Wildman–Crippen MR) is 93.5 cm³/mol. The zero-order valence-electron chi connectivity index (χ0n) is 14.2. The largest absolute Gasteiger partial charge is 0.517 e. The molecule has 1 heterocycles. The first-order chi connectivity index (χ1) is 12.6. The first-order valence-electron chi connectivity index (χ1n) is 7.59. The summed E-state index contributed by atoms with van der Waals surface area (Å²) < 4.78 is 88.1. The van der Waals surface area contributed by atoms with Crippen molar-refractivity contribution >= 4 is 29.0 Å². The van der Waals surface area contributed by atoms with E-state index in [4.69, 9.17) is 9.05 Å². The maximum atomic E-state index is 13.3. The van der Waals surface area contributed by atoms with E-state index in [2.05, 4.69) is 0 Å². The zero-order valence-corrected chi connectivity index (χ0v) is 15.9. The van der Waals surface area contributed by atoms with Crippen LogP contribution in [-0.4, -0.2) is 28.1 Å². The van der Waals surface area contributed by atoms with Gasteiger partial charge >= 0.3 is 23.1 Å². The van der Waals surface area contributed by atoms with Crippen molar-refractivity contribution in [1.82, 2.24) is 0 Å². The highest BCUT2D eigenvalue weighted by atomic mass is 32.2. The van der Waals surface area contributed by atoms with Gasteiger partial charge < -0.3 is 9.05 Å². The molecule has 0 fully saturated rings. The number of rotatable bonds is 4. The highest BCUT2D eigenvalue weighted by Crippen LogP contribution is 2.67. The Hall–Kier alpha value is -1.87. The van der Waals surface area contributed by atoms with E-state index in [1.165, 1.54) is 48.5 Å². The molecule has 11 heteroatoms. The maximum Gasteiger partial charge on any atom is 0.517 e. The number of anilines is 2. The first kappa shape index (κ1) is 19.9. The zero-order chi connectivity index (χ0) is 20.0. The molecule has 6 nitrogen and oxygen atoms in total. The number of benzene rings is 2. The van der Waals surface area contributed by atoms with Gasteiger partial charge in [-0.3, -0.25) is 4.57 Å². The Kier molecular flexibility index (Phi) is 4.88. The van der Waals surface area contributed by atoms with Gasteiger partial charge in [0.15, 0.2) is 0 Å². The number of hydrogen-bond donors (Lipinski definition) is 0. The molecule has 2 aromatic carbocycles. The molecule has 0 saturated carbocycles. The molecule has 0 atom stereocenters. The predicted octanol–water partition coefficient (Wildman–Crippen LogP) is 4.56. The van der Waals surface area contributed by atoms with Gasteiger partial charge in [0.2, 0.25) is 0 Å².